The molecule has 0 bridgehead atoms. The summed E-state index contributed by atoms with van der Waals surface area (Å²) in [7, 11) is 5.93. The summed E-state index contributed by atoms with van der Waals surface area (Å²) in [6.07, 6.45) is 7.60. The van der Waals surface area contributed by atoms with Gasteiger partial charge in [0.15, 0.2) is 5.82 Å². The van der Waals surface area contributed by atoms with Crippen LogP contribution in [0.1, 0.15) is 43.7 Å². The minimum absolute atomic E-state index is 0.319. The Morgan fingerprint density at radius 2 is 1.79 bits per heavy atom. The van der Waals surface area contributed by atoms with Gasteiger partial charge in [-0.1, -0.05) is 12.6 Å². The minimum atomic E-state index is -0.643. The molecule has 3 aliphatic rings. The Bertz CT molecular complexity index is 1610. The fraction of sp³-hybridized carbons (Fsp3) is 0.457. The summed E-state index contributed by atoms with van der Waals surface area (Å²) in [4.78, 5) is 34.4. The van der Waals surface area contributed by atoms with E-state index in [0.29, 0.717) is 59.4 Å². The maximum atomic E-state index is 14.7. The van der Waals surface area contributed by atoms with Crippen molar-refractivity contribution in [3.05, 3.63) is 72.6 Å². The van der Waals surface area contributed by atoms with Crippen LogP contribution in [0.15, 0.2) is 55.4 Å². The van der Waals surface area contributed by atoms with E-state index in [1.807, 2.05) is 12.1 Å². The number of likely N-dealkylation sites (tertiary alicyclic amines) is 1. The minimum Gasteiger partial charge on any atom is -0.494 e. The maximum Gasteiger partial charge on any atom is 0.247 e. The predicted molar refractivity (Wildman–Crippen MR) is 183 cm³/mol. The number of nitrogens with zero attached hydrogens (tertiary/aromatic N) is 6. The number of piperidine rings is 2. The lowest BCUT2D eigenvalue weighted by atomic mass is 9.97. The van der Waals surface area contributed by atoms with Crippen molar-refractivity contribution in [2.45, 2.75) is 50.2 Å². The van der Waals surface area contributed by atoms with E-state index < -0.39 is 17.7 Å². The molecule has 0 aliphatic carbocycles. The van der Waals surface area contributed by atoms with E-state index in [1.165, 1.54) is 42.4 Å². The SMILES string of the molecule is C=CC(=O)Nc1cc(Nc2cc(N3OCC[C@@H]3c3ccc(F)cc3F)ncn2)c(OC)cc1N1CCC(N2CCC(N(C)C)CC2)CC1. The zero-order valence-electron chi connectivity index (χ0n) is 27.8. The summed E-state index contributed by atoms with van der Waals surface area (Å²) >= 11 is 0. The number of halogens is 2. The van der Waals surface area contributed by atoms with Gasteiger partial charge in [-0.25, -0.2) is 23.8 Å². The molecule has 0 spiro atoms. The van der Waals surface area contributed by atoms with Crippen LogP contribution in [0.2, 0.25) is 0 Å². The Balaban J connectivity index is 1.20. The number of aromatic nitrogens is 2. The largest absolute Gasteiger partial charge is 0.494 e. The summed E-state index contributed by atoms with van der Waals surface area (Å²) in [6, 6.07) is 9.69. The molecule has 0 saturated carbocycles. The van der Waals surface area contributed by atoms with Crippen LogP contribution in [0.25, 0.3) is 0 Å². The highest BCUT2D eigenvalue weighted by Gasteiger charge is 2.32. The van der Waals surface area contributed by atoms with Crippen LogP contribution in [-0.4, -0.2) is 91.7 Å². The number of carbonyl (C=O) groups is 1. The van der Waals surface area contributed by atoms with E-state index >= 15 is 0 Å². The van der Waals surface area contributed by atoms with E-state index in [2.05, 4.69) is 56.0 Å². The van der Waals surface area contributed by atoms with E-state index in [9.17, 15) is 13.6 Å². The molecule has 11 nitrogen and oxygen atoms in total. The highest BCUT2D eigenvalue weighted by Crippen LogP contribution is 2.41. The van der Waals surface area contributed by atoms with Gasteiger partial charge in [-0.05, 0) is 71.1 Å². The molecular weight excluding hydrogens is 618 g/mol. The van der Waals surface area contributed by atoms with Crippen LogP contribution in [-0.2, 0) is 9.63 Å². The molecule has 0 unspecified atom stereocenters. The monoisotopic (exact) mass is 662 g/mol. The molecule has 2 aromatic carbocycles. The number of methoxy groups -OCH3 is 1. The lowest BCUT2D eigenvalue weighted by Crippen LogP contribution is -2.50. The summed E-state index contributed by atoms with van der Waals surface area (Å²) < 4.78 is 34.1. The normalized spacial score (nSPS) is 19.5. The average molecular weight is 663 g/mol. The molecule has 2 N–H and O–H groups in total. The molecule has 1 aromatic heterocycles. The number of hydrogen-bond donors (Lipinski definition) is 2. The molecular formula is C35H44F2N8O3. The van der Waals surface area contributed by atoms with E-state index in [-0.39, 0.29) is 5.91 Å². The number of anilines is 5. The molecule has 3 fully saturated rings. The van der Waals surface area contributed by atoms with Gasteiger partial charge in [-0.15, -0.1) is 0 Å². The molecule has 3 aromatic rings. The highest BCUT2D eigenvalue weighted by molar-refractivity contribution is 6.02. The number of nitrogens with one attached hydrogen (secondary N) is 2. The first-order valence-corrected chi connectivity index (χ1v) is 16.5. The molecule has 13 heteroatoms. The number of rotatable bonds is 10. The van der Waals surface area contributed by atoms with Crippen molar-refractivity contribution >= 4 is 34.6 Å². The number of hydrogen-bond acceptors (Lipinski definition) is 10. The number of hydroxylamine groups is 1. The van der Waals surface area contributed by atoms with Crippen LogP contribution in [0.4, 0.5) is 37.5 Å². The van der Waals surface area contributed by atoms with Crippen LogP contribution in [0.3, 0.4) is 0 Å². The first-order valence-electron chi connectivity index (χ1n) is 16.5. The Morgan fingerprint density at radius 3 is 2.48 bits per heavy atom. The second-order valence-electron chi connectivity index (χ2n) is 12.7. The van der Waals surface area contributed by atoms with Crippen molar-refractivity contribution in [2.75, 3.05) is 74.6 Å². The summed E-state index contributed by atoms with van der Waals surface area (Å²) in [5.74, 6) is -0.197. The Kier molecular flexibility index (Phi) is 10.4. The third kappa shape index (κ3) is 7.38. The molecule has 1 atom stereocenters. The van der Waals surface area contributed by atoms with Crippen molar-refractivity contribution in [2.24, 2.45) is 0 Å². The number of carbonyl (C=O) groups excluding carboxylic acids is 1. The number of ether oxygens (including phenoxy) is 1. The average Bonchev–Trinajstić information content (AvgIpc) is 3.58. The van der Waals surface area contributed by atoms with Gasteiger partial charge >= 0.3 is 0 Å². The smallest absolute Gasteiger partial charge is 0.247 e. The van der Waals surface area contributed by atoms with Crippen LogP contribution < -0.4 is 25.3 Å². The van der Waals surface area contributed by atoms with Crippen molar-refractivity contribution in [3.63, 3.8) is 0 Å². The third-order valence-corrected chi connectivity index (χ3v) is 9.68. The van der Waals surface area contributed by atoms with Gasteiger partial charge in [0, 0.05) is 55.4 Å². The zero-order chi connectivity index (χ0) is 33.8. The molecule has 3 saturated heterocycles. The quantitative estimate of drug-likeness (QED) is 0.271. The van der Waals surface area contributed by atoms with Crippen molar-refractivity contribution in [3.8, 4) is 5.75 Å². The van der Waals surface area contributed by atoms with Gasteiger partial charge in [0.25, 0.3) is 0 Å². The standard InChI is InChI=1S/C35H44F2N8O3/c1-5-35(46)41-28-19-29(32(47-4)20-31(28)44-15-10-25(11-16-44)43-13-8-24(9-14-43)42(2)3)40-33-21-34(39-22-38-33)45-30(12-17-48-45)26-7-6-23(36)18-27(26)37/h5-7,18-22,24-25,30H,1,8-17H2,2-4H3,(H,41,46)(H,38,39,40)/t30-/m1/s1. The van der Waals surface area contributed by atoms with Gasteiger partial charge in [0.05, 0.1) is 36.8 Å². The van der Waals surface area contributed by atoms with Crippen LogP contribution >= 0.6 is 0 Å². The Morgan fingerprint density at radius 1 is 1.02 bits per heavy atom. The van der Waals surface area contributed by atoms with E-state index in [1.54, 1.807) is 13.2 Å². The molecule has 1 amide bonds. The molecule has 256 valence electrons. The first-order chi connectivity index (χ1) is 23.2. The van der Waals surface area contributed by atoms with Gasteiger partial charge < -0.3 is 30.1 Å². The second-order valence-corrected chi connectivity index (χ2v) is 12.7. The Hall–Kier alpha value is -4.33. The molecule has 6 rings (SSSR count). The summed E-state index contributed by atoms with van der Waals surface area (Å²) in [6.45, 7) is 7.94. The topological polar surface area (TPSA) is 98.3 Å². The molecule has 4 heterocycles. The van der Waals surface area contributed by atoms with Crippen molar-refractivity contribution in [1.29, 1.82) is 0 Å². The predicted octanol–water partition coefficient (Wildman–Crippen LogP) is 5.51. The van der Waals surface area contributed by atoms with Gasteiger partial charge in [-0.3, -0.25) is 9.63 Å². The lowest BCUT2D eigenvalue weighted by molar-refractivity contribution is -0.111. The third-order valence-electron chi connectivity index (χ3n) is 9.68. The first kappa shape index (κ1) is 33.6. The summed E-state index contributed by atoms with van der Waals surface area (Å²) in [5, 5.41) is 7.80. The van der Waals surface area contributed by atoms with Gasteiger partial charge in [0.1, 0.15) is 29.5 Å². The molecule has 0 radical (unpaired) electrons. The summed E-state index contributed by atoms with van der Waals surface area (Å²) in [5.41, 5.74) is 2.39. The number of amides is 1. The highest BCUT2D eigenvalue weighted by atomic mass is 19.1. The number of benzene rings is 2. The van der Waals surface area contributed by atoms with E-state index in [0.717, 1.165) is 50.8 Å². The maximum absolute atomic E-state index is 14.7. The van der Waals surface area contributed by atoms with Gasteiger partial charge in [-0.2, -0.15) is 0 Å². The van der Waals surface area contributed by atoms with Crippen LogP contribution in [0.5, 0.6) is 5.75 Å². The zero-order valence-corrected chi connectivity index (χ0v) is 27.8. The van der Waals surface area contributed by atoms with Gasteiger partial charge in [0.2, 0.25) is 5.91 Å². The second kappa shape index (κ2) is 14.8. The van der Waals surface area contributed by atoms with E-state index in [4.69, 9.17) is 9.57 Å². The fourth-order valence-electron chi connectivity index (χ4n) is 7.04. The van der Waals surface area contributed by atoms with Crippen molar-refractivity contribution in [1.82, 2.24) is 19.8 Å². The Labute approximate surface area is 280 Å². The fourth-order valence-corrected chi connectivity index (χ4v) is 7.04. The van der Waals surface area contributed by atoms with Crippen LogP contribution in [0, 0.1) is 11.6 Å². The lowest BCUT2D eigenvalue weighted by Gasteiger charge is -2.43. The molecule has 48 heavy (non-hydrogen) atoms. The molecule has 3 aliphatic heterocycles. The van der Waals surface area contributed by atoms with Crippen molar-refractivity contribution < 1.29 is 23.1 Å².